The molecule has 5 nitrogen and oxygen atoms in total. The average Bonchev–Trinajstić information content (AvgIpc) is 2.35. The molecule has 0 atom stereocenters. The zero-order valence-corrected chi connectivity index (χ0v) is 15.3. The van der Waals surface area contributed by atoms with Crippen molar-refractivity contribution in [2.45, 2.75) is 39.3 Å². The molecular formula is C16H20NNaO4. The second-order valence-electron chi connectivity index (χ2n) is 5.71. The van der Waals surface area contributed by atoms with Crippen molar-refractivity contribution in [3.8, 4) is 5.75 Å². The minimum absolute atomic E-state index is 0. The standard InChI is InChI=1S/C16H21NO4.Na/c1-10(2)21-14-5-3-11(4-6-14)9-17-15(18)12-7-13(8-12)16(19)20;/h3-6,10,12-13H,7-9H2,1-2H3,(H,17,18)(H,19,20);/q;+1/p-1. The summed E-state index contributed by atoms with van der Waals surface area (Å²) < 4.78 is 5.54. The first-order chi connectivity index (χ1) is 9.95. The molecule has 0 bridgehead atoms. The SMILES string of the molecule is CC(C)Oc1ccc(CNC(=O)C2CC(C(=O)[O-])C2)cc1.[Na+]. The quantitative estimate of drug-likeness (QED) is 0.609. The molecule has 0 unspecified atom stereocenters. The first-order valence-corrected chi connectivity index (χ1v) is 7.20. The van der Waals surface area contributed by atoms with Crippen molar-refractivity contribution in [1.29, 1.82) is 0 Å². The molecule has 114 valence electrons. The van der Waals surface area contributed by atoms with E-state index in [1.807, 2.05) is 38.1 Å². The van der Waals surface area contributed by atoms with E-state index in [9.17, 15) is 14.7 Å². The molecule has 1 aliphatic rings. The Labute approximate surface area is 152 Å². The molecule has 0 heterocycles. The van der Waals surface area contributed by atoms with Gasteiger partial charge in [-0.05, 0) is 44.4 Å². The van der Waals surface area contributed by atoms with E-state index in [1.165, 1.54) is 0 Å². The molecule has 1 aliphatic carbocycles. The Morgan fingerprint density at radius 1 is 1.23 bits per heavy atom. The molecule has 0 aliphatic heterocycles. The third kappa shape index (κ3) is 5.30. The molecule has 1 aromatic carbocycles. The van der Waals surface area contributed by atoms with Gasteiger partial charge in [0.25, 0.3) is 0 Å². The van der Waals surface area contributed by atoms with E-state index in [4.69, 9.17) is 4.74 Å². The van der Waals surface area contributed by atoms with Gasteiger partial charge < -0.3 is 20.0 Å². The van der Waals surface area contributed by atoms with Crippen molar-refractivity contribution >= 4 is 11.9 Å². The summed E-state index contributed by atoms with van der Waals surface area (Å²) in [6, 6.07) is 7.55. The Kier molecular flexibility index (Phi) is 7.39. The molecule has 0 spiro atoms. The van der Waals surface area contributed by atoms with Crippen LogP contribution < -0.4 is 44.7 Å². The number of amides is 1. The van der Waals surface area contributed by atoms with Crippen LogP contribution in [-0.4, -0.2) is 18.0 Å². The maximum atomic E-state index is 11.8. The predicted molar refractivity (Wildman–Crippen MR) is 75.3 cm³/mol. The number of benzene rings is 1. The zero-order chi connectivity index (χ0) is 15.4. The van der Waals surface area contributed by atoms with E-state index in [2.05, 4.69) is 5.32 Å². The summed E-state index contributed by atoms with van der Waals surface area (Å²) in [5, 5.41) is 13.4. The smallest absolute Gasteiger partial charge is 0.550 e. The number of rotatable bonds is 6. The number of aliphatic carboxylic acids is 1. The van der Waals surface area contributed by atoms with Gasteiger partial charge in [0, 0.05) is 24.3 Å². The van der Waals surface area contributed by atoms with Gasteiger partial charge in [0.15, 0.2) is 0 Å². The molecule has 1 saturated carbocycles. The number of hydrogen-bond donors (Lipinski definition) is 1. The van der Waals surface area contributed by atoms with E-state index in [0.29, 0.717) is 19.4 Å². The minimum Gasteiger partial charge on any atom is -0.550 e. The number of nitrogens with one attached hydrogen (secondary N) is 1. The van der Waals surface area contributed by atoms with Crippen LogP contribution in [-0.2, 0) is 16.1 Å². The monoisotopic (exact) mass is 313 g/mol. The third-order valence-corrected chi connectivity index (χ3v) is 3.60. The molecular weight excluding hydrogens is 293 g/mol. The summed E-state index contributed by atoms with van der Waals surface area (Å²) >= 11 is 0. The second kappa shape index (κ2) is 8.56. The van der Waals surface area contributed by atoms with Crippen LogP contribution in [0.4, 0.5) is 0 Å². The number of carbonyl (C=O) groups is 2. The van der Waals surface area contributed by atoms with Crippen molar-refractivity contribution in [1.82, 2.24) is 5.32 Å². The fraction of sp³-hybridized carbons (Fsp3) is 0.500. The van der Waals surface area contributed by atoms with Crippen LogP contribution >= 0.6 is 0 Å². The van der Waals surface area contributed by atoms with E-state index >= 15 is 0 Å². The first-order valence-electron chi connectivity index (χ1n) is 7.20. The number of ether oxygens (including phenoxy) is 1. The molecule has 0 radical (unpaired) electrons. The molecule has 6 heteroatoms. The maximum Gasteiger partial charge on any atom is 1.00 e. The molecule has 2 rings (SSSR count). The van der Waals surface area contributed by atoms with Gasteiger partial charge in [0.1, 0.15) is 5.75 Å². The van der Waals surface area contributed by atoms with E-state index in [0.717, 1.165) is 11.3 Å². The Hall–Kier alpha value is -1.04. The Morgan fingerprint density at radius 3 is 2.32 bits per heavy atom. The third-order valence-electron chi connectivity index (χ3n) is 3.60. The van der Waals surface area contributed by atoms with E-state index < -0.39 is 11.9 Å². The number of carbonyl (C=O) groups excluding carboxylic acids is 2. The van der Waals surface area contributed by atoms with Gasteiger partial charge in [-0.3, -0.25) is 4.79 Å². The Balaban J connectivity index is 0.00000242. The molecule has 0 saturated heterocycles. The van der Waals surface area contributed by atoms with Crippen molar-refractivity contribution < 1.29 is 49.0 Å². The normalized spacial score (nSPS) is 19.8. The van der Waals surface area contributed by atoms with Gasteiger partial charge >= 0.3 is 29.6 Å². The van der Waals surface area contributed by atoms with Crippen LogP contribution in [0.2, 0.25) is 0 Å². The number of carboxylic acid groups (broad SMARTS) is 1. The van der Waals surface area contributed by atoms with Gasteiger partial charge in [-0.15, -0.1) is 0 Å². The predicted octanol–water partition coefficient (Wildman–Crippen LogP) is -2.13. The summed E-state index contributed by atoms with van der Waals surface area (Å²) in [5.74, 6) is -1.00. The number of hydrogen-bond acceptors (Lipinski definition) is 4. The van der Waals surface area contributed by atoms with Gasteiger partial charge in [-0.25, -0.2) is 0 Å². The van der Waals surface area contributed by atoms with E-state index in [1.54, 1.807) is 0 Å². The molecule has 22 heavy (non-hydrogen) atoms. The number of carboxylic acids is 1. The first kappa shape index (κ1) is 19.0. The summed E-state index contributed by atoms with van der Waals surface area (Å²) in [6.07, 6.45) is 0.899. The molecule has 1 aromatic rings. The van der Waals surface area contributed by atoms with Crippen LogP contribution in [0.25, 0.3) is 0 Å². The summed E-state index contributed by atoms with van der Waals surface area (Å²) in [5.41, 5.74) is 0.982. The Morgan fingerprint density at radius 2 is 1.82 bits per heavy atom. The van der Waals surface area contributed by atoms with Crippen LogP contribution in [0, 0.1) is 11.8 Å². The molecule has 1 amide bonds. The van der Waals surface area contributed by atoms with Gasteiger partial charge in [0.05, 0.1) is 6.10 Å². The summed E-state index contributed by atoms with van der Waals surface area (Å²) in [6.45, 7) is 4.37. The van der Waals surface area contributed by atoms with Gasteiger partial charge in [-0.2, -0.15) is 0 Å². The average molecular weight is 313 g/mol. The van der Waals surface area contributed by atoms with Crippen LogP contribution in [0.5, 0.6) is 5.75 Å². The van der Waals surface area contributed by atoms with Crippen molar-refractivity contribution in [2.75, 3.05) is 0 Å². The maximum absolute atomic E-state index is 11.8. The second-order valence-corrected chi connectivity index (χ2v) is 5.71. The van der Waals surface area contributed by atoms with Crippen LogP contribution in [0.15, 0.2) is 24.3 Å². The summed E-state index contributed by atoms with van der Waals surface area (Å²) in [7, 11) is 0. The Bertz CT molecular complexity index is 509. The minimum atomic E-state index is -1.06. The fourth-order valence-corrected chi connectivity index (χ4v) is 2.32. The van der Waals surface area contributed by atoms with Gasteiger partial charge in [0.2, 0.25) is 5.91 Å². The largest absolute Gasteiger partial charge is 1.00 e. The van der Waals surface area contributed by atoms with Crippen molar-refractivity contribution in [3.05, 3.63) is 29.8 Å². The van der Waals surface area contributed by atoms with Crippen LogP contribution in [0.3, 0.4) is 0 Å². The molecule has 0 aromatic heterocycles. The van der Waals surface area contributed by atoms with Crippen molar-refractivity contribution in [2.24, 2.45) is 11.8 Å². The van der Waals surface area contributed by atoms with Crippen LogP contribution in [0.1, 0.15) is 32.3 Å². The molecule has 1 N–H and O–H groups in total. The molecule has 1 fully saturated rings. The van der Waals surface area contributed by atoms with Gasteiger partial charge in [-0.1, -0.05) is 12.1 Å². The topological polar surface area (TPSA) is 78.5 Å². The zero-order valence-electron chi connectivity index (χ0n) is 13.3. The van der Waals surface area contributed by atoms with Crippen molar-refractivity contribution in [3.63, 3.8) is 0 Å². The van der Waals surface area contributed by atoms with E-state index in [-0.39, 0.29) is 47.5 Å². The fourth-order valence-electron chi connectivity index (χ4n) is 2.32. The summed E-state index contributed by atoms with van der Waals surface area (Å²) in [4.78, 5) is 22.4.